The van der Waals surface area contributed by atoms with E-state index in [-0.39, 0.29) is 5.84 Å². The lowest BCUT2D eigenvalue weighted by Gasteiger charge is -2.01. The Kier molecular flexibility index (Phi) is 2.94. The average molecular weight is 249 g/mol. The first-order valence-corrected chi connectivity index (χ1v) is 4.25. The fraction of sp³-hybridized carbons (Fsp3) is 0. The van der Waals surface area contributed by atoms with Crippen LogP contribution in [0.4, 0.5) is 0 Å². The molecule has 1 rings (SSSR count). The molecule has 5 heteroatoms. The van der Waals surface area contributed by atoms with Gasteiger partial charge in [-0.1, -0.05) is 32.7 Å². The van der Waals surface area contributed by atoms with Crippen LogP contribution in [0.3, 0.4) is 0 Å². The molecule has 1 aromatic carbocycles. The molecule has 0 heterocycles. The molecule has 0 aliphatic rings. The van der Waals surface area contributed by atoms with E-state index in [1.807, 2.05) is 0 Å². The molecular weight excluding hydrogens is 243 g/mol. The van der Waals surface area contributed by atoms with E-state index in [1.165, 1.54) is 0 Å². The van der Waals surface area contributed by atoms with Crippen molar-refractivity contribution in [3.05, 3.63) is 33.3 Å². The summed E-state index contributed by atoms with van der Waals surface area (Å²) in [6.45, 7) is 0. The fourth-order valence-corrected chi connectivity index (χ4v) is 1.52. The van der Waals surface area contributed by atoms with Crippen LogP contribution in [-0.4, -0.2) is 11.0 Å². The van der Waals surface area contributed by atoms with Crippen LogP contribution in [0, 0.1) is 0 Å². The van der Waals surface area contributed by atoms with Crippen LogP contribution in [-0.2, 0) is 0 Å². The molecule has 0 atom stereocenters. The molecule has 0 saturated heterocycles. The van der Waals surface area contributed by atoms with Crippen LogP contribution < -0.4 is 5.73 Å². The Morgan fingerprint density at radius 3 is 2.75 bits per heavy atom. The van der Waals surface area contributed by atoms with Gasteiger partial charge in [0.1, 0.15) is 0 Å². The first-order valence-electron chi connectivity index (χ1n) is 3.08. The largest absolute Gasteiger partial charge is 0.409 e. The summed E-state index contributed by atoms with van der Waals surface area (Å²) in [5, 5.41) is 11.7. The van der Waals surface area contributed by atoms with Crippen molar-refractivity contribution >= 4 is 33.4 Å². The number of hydrogen-bond acceptors (Lipinski definition) is 2. The zero-order valence-electron chi connectivity index (χ0n) is 5.96. The van der Waals surface area contributed by atoms with Gasteiger partial charge in [-0.2, -0.15) is 0 Å². The minimum absolute atomic E-state index is 0.00694. The second-order valence-corrected chi connectivity index (χ2v) is 3.43. The highest BCUT2D eigenvalue weighted by Crippen LogP contribution is 2.20. The standard InChI is InChI=1S/C7H6BrClN2O/c8-4-1-2-5(6(9)3-4)7(10)11-12/h1-3,12H,(H2,10,11). The number of amidine groups is 1. The molecule has 0 aliphatic carbocycles. The number of oxime groups is 1. The van der Waals surface area contributed by atoms with E-state index in [0.29, 0.717) is 10.6 Å². The van der Waals surface area contributed by atoms with E-state index in [9.17, 15) is 0 Å². The smallest absolute Gasteiger partial charge is 0.171 e. The van der Waals surface area contributed by atoms with Gasteiger partial charge in [-0.15, -0.1) is 0 Å². The van der Waals surface area contributed by atoms with Crippen molar-refractivity contribution in [3.63, 3.8) is 0 Å². The molecule has 0 amide bonds. The molecule has 3 N–H and O–H groups in total. The third kappa shape index (κ3) is 1.89. The summed E-state index contributed by atoms with van der Waals surface area (Å²) in [6.07, 6.45) is 0. The number of nitrogens with two attached hydrogens (primary N) is 1. The van der Waals surface area contributed by atoms with Gasteiger partial charge < -0.3 is 10.9 Å². The van der Waals surface area contributed by atoms with Crippen molar-refractivity contribution < 1.29 is 5.21 Å². The molecule has 0 aromatic heterocycles. The van der Waals surface area contributed by atoms with Gasteiger partial charge >= 0.3 is 0 Å². The molecule has 0 unspecified atom stereocenters. The van der Waals surface area contributed by atoms with E-state index in [2.05, 4.69) is 21.1 Å². The Morgan fingerprint density at radius 1 is 1.58 bits per heavy atom. The highest BCUT2D eigenvalue weighted by atomic mass is 79.9. The van der Waals surface area contributed by atoms with E-state index in [4.69, 9.17) is 22.5 Å². The van der Waals surface area contributed by atoms with Crippen molar-refractivity contribution in [1.29, 1.82) is 0 Å². The van der Waals surface area contributed by atoms with Gasteiger partial charge in [-0.05, 0) is 18.2 Å². The van der Waals surface area contributed by atoms with Crippen molar-refractivity contribution in [2.24, 2.45) is 10.9 Å². The van der Waals surface area contributed by atoms with Crippen LogP contribution in [0.25, 0.3) is 0 Å². The summed E-state index contributed by atoms with van der Waals surface area (Å²) in [4.78, 5) is 0. The normalized spacial score (nSPS) is 11.7. The second kappa shape index (κ2) is 3.78. The monoisotopic (exact) mass is 248 g/mol. The van der Waals surface area contributed by atoms with Gasteiger partial charge in [0.15, 0.2) is 5.84 Å². The Balaban J connectivity index is 3.18. The molecule has 0 saturated carbocycles. The van der Waals surface area contributed by atoms with Gasteiger partial charge in [-0.25, -0.2) is 0 Å². The quantitative estimate of drug-likeness (QED) is 0.347. The minimum Gasteiger partial charge on any atom is -0.409 e. The molecule has 12 heavy (non-hydrogen) atoms. The number of nitrogens with zero attached hydrogens (tertiary/aromatic N) is 1. The number of halogens is 2. The van der Waals surface area contributed by atoms with Crippen molar-refractivity contribution in [2.45, 2.75) is 0 Å². The lowest BCUT2D eigenvalue weighted by Crippen LogP contribution is -2.13. The van der Waals surface area contributed by atoms with Crippen LogP contribution in [0.15, 0.2) is 27.8 Å². The van der Waals surface area contributed by atoms with Crippen molar-refractivity contribution in [1.82, 2.24) is 0 Å². The Hall–Kier alpha value is -0.740. The SMILES string of the molecule is N/C(=N\O)c1ccc(Br)cc1Cl. The summed E-state index contributed by atoms with van der Waals surface area (Å²) in [5.41, 5.74) is 5.86. The number of benzene rings is 1. The first-order chi connectivity index (χ1) is 5.65. The summed E-state index contributed by atoms with van der Waals surface area (Å²) in [7, 11) is 0. The Bertz CT molecular complexity index is 327. The van der Waals surface area contributed by atoms with E-state index in [1.54, 1.807) is 18.2 Å². The third-order valence-corrected chi connectivity index (χ3v) is 2.12. The van der Waals surface area contributed by atoms with Gasteiger partial charge in [0.25, 0.3) is 0 Å². The molecule has 0 fully saturated rings. The Morgan fingerprint density at radius 2 is 2.25 bits per heavy atom. The van der Waals surface area contributed by atoms with Gasteiger partial charge in [0.05, 0.1) is 5.02 Å². The zero-order valence-corrected chi connectivity index (χ0v) is 8.30. The maximum Gasteiger partial charge on any atom is 0.171 e. The molecular formula is C7H6BrClN2O. The maximum absolute atomic E-state index is 8.37. The molecule has 0 spiro atoms. The number of hydrogen-bond donors (Lipinski definition) is 2. The van der Waals surface area contributed by atoms with Crippen molar-refractivity contribution in [3.8, 4) is 0 Å². The van der Waals surface area contributed by atoms with Gasteiger partial charge in [0, 0.05) is 10.0 Å². The van der Waals surface area contributed by atoms with E-state index < -0.39 is 0 Å². The number of rotatable bonds is 1. The third-order valence-electron chi connectivity index (χ3n) is 1.31. The molecule has 0 radical (unpaired) electrons. The summed E-state index contributed by atoms with van der Waals surface area (Å²) in [6, 6.07) is 5.11. The summed E-state index contributed by atoms with van der Waals surface area (Å²) >= 11 is 9.04. The molecule has 3 nitrogen and oxygen atoms in total. The molecule has 0 bridgehead atoms. The van der Waals surface area contributed by atoms with Crippen LogP contribution in [0.5, 0.6) is 0 Å². The van der Waals surface area contributed by atoms with E-state index >= 15 is 0 Å². The van der Waals surface area contributed by atoms with Crippen molar-refractivity contribution in [2.75, 3.05) is 0 Å². The minimum atomic E-state index is 0.00694. The summed E-state index contributed by atoms with van der Waals surface area (Å²) < 4.78 is 0.849. The maximum atomic E-state index is 8.37. The lowest BCUT2D eigenvalue weighted by atomic mass is 10.2. The van der Waals surface area contributed by atoms with Gasteiger partial charge in [0.2, 0.25) is 0 Å². The van der Waals surface area contributed by atoms with Crippen LogP contribution >= 0.6 is 27.5 Å². The first kappa shape index (κ1) is 9.35. The fourth-order valence-electron chi connectivity index (χ4n) is 0.751. The van der Waals surface area contributed by atoms with Crippen LogP contribution in [0.2, 0.25) is 5.02 Å². The summed E-state index contributed by atoms with van der Waals surface area (Å²) in [5.74, 6) is 0.00694. The highest BCUT2D eigenvalue weighted by Gasteiger charge is 2.04. The second-order valence-electron chi connectivity index (χ2n) is 2.11. The zero-order chi connectivity index (χ0) is 9.14. The lowest BCUT2D eigenvalue weighted by molar-refractivity contribution is 0.318. The highest BCUT2D eigenvalue weighted by molar-refractivity contribution is 9.10. The van der Waals surface area contributed by atoms with Gasteiger partial charge in [-0.3, -0.25) is 0 Å². The molecule has 1 aromatic rings. The average Bonchev–Trinajstić information content (AvgIpc) is 2.03. The Labute approximate surface area is 83.0 Å². The van der Waals surface area contributed by atoms with Crippen LogP contribution in [0.1, 0.15) is 5.56 Å². The molecule has 64 valence electrons. The molecule has 0 aliphatic heterocycles. The topological polar surface area (TPSA) is 58.6 Å². The predicted octanol–water partition coefficient (Wildman–Crippen LogP) is 2.20. The van der Waals surface area contributed by atoms with E-state index in [0.717, 1.165) is 4.47 Å². The predicted molar refractivity (Wildman–Crippen MR) is 51.7 cm³/mol.